The number of ether oxygens (including phenoxy) is 1. The van der Waals surface area contributed by atoms with Gasteiger partial charge in [0.2, 0.25) is 0 Å². The average Bonchev–Trinajstić information content (AvgIpc) is 2.58. The molecule has 0 aromatic heterocycles. The van der Waals surface area contributed by atoms with Crippen molar-refractivity contribution >= 4 is 5.78 Å². The smallest absolute Gasteiger partial charge is 0.139 e. The molecule has 2 aliphatic carbocycles. The minimum atomic E-state index is -0.141. The van der Waals surface area contributed by atoms with E-state index in [0.717, 1.165) is 6.42 Å². The molecule has 0 N–H and O–H groups in total. The molecule has 0 heterocycles. The topological polar surface area (TPSA) is 26.3 Å². The molecule has 68 valence electrons. The molecule has 2 saturated carbocycles. The fraction of sp³-hybridized carbons (Fsp3) is 0.900. The third-order valence-corrected chi connectivity index (χ3v) is 3.71. The number of methoxy groups -OCH3 is 1. The van der Waals surface area contributed by atoms with E-state index in [9.17, 15) is 4.79 Å². The van der Waals surface area contributed by atoms with Crippen molar-refractivity contribution in [2.24, 2.45) is 11.8 Å². The van der Waals surface area contributed by atoms with Crippen LogP contribution in [0.3, 0.4) is 0 Å². The number of carbonyl (C=O) groups is 1. The van der Waals surface area contributed by atoms with Crippen LogP contribution < -0.4 is 0 Å². The summed E-state index contributed by atoms with van der Waals surface area (Å²) in [5.41, 5.74) is -0.141. The molecular weight excluding hydrogens is 152 g/mol. The molecule has 0 amide bonds. The minimum Gasteiger partial charge on any atom is -0.378 e. The second-order valence-electron chi connectivity index (χ2n) is 4.30. The molecule has 12 heavy (non-hydrogen) atoms. The summed E-state index contributed by atoms with van der Waals surface area (Å²) in [7, 11) is 1.73. The molecule has 0 aliphatic heterocycles. The highest BCUT2D eigenvalue weighted by Crippen LogP contribution is 2.49. The van der Waals surface area contributed by atoms with Crippen molar-refractivity contribution < 1.29 is 9.53 Å². The Hall–Kier alpha value is -0.370. The number of hydrogen-bond donors (Lipinski definition) is 0. The lowest BCUT2D eigenvalue weighted by Crippen LogP contribution is -2.32. The highest BCUT2D eigenvalue weighted by molar-refractivity contribution is 5.85. The summed E-state index contributed by atoms with van der Waals surface area (Å²) in [6.45, 7) is 2.08. The van der Waals surface area contributed by atoms with Gasteiger partial charge in [0.1, 0.15) is 5.78 Å². The van der Waals surface area contributed by atoms with Crippen LogP contribution in [0, 0.1) is 11.8 Å². The zero-order valence-corrected chi connectivity index (χ0v) is 7.80. The summed E-state index contributed by atoms with van der Waals surface area (Å²) >= 11 is 0. The lowest BCUT2D eigenvalue weighted by Gasteiger charge is -2.28. The Morgan fingerprint density at radius 2 is 2.25 bits per heavy atom. The number of Topliss-reactive ketones (excluding diaryl/α,β-unsaturated/α-hetero) is 1. The number of ketones is 1. The molecule has 0 aromatic rings. The lowest BCUT2D eigenvalue weighted by molar-refractivity contribution is -0.121. The van der Waals surface area contributed by atoms with Gasteiger partial charge < -0.3 is 4.74 Å². The van der Waals surface area contributed by atoms with Gasteiger partial charge in [-0.3, -0.25) is 4.79 Å². The SMILES string of the molecule is CO[C@@]1(C)CC(=O)[C@@H]2CCC[C@@H]21. The van der Waals surface area contributed by atoms with Gasteiger partial charge >= 0.3 is 0 Å². The Labute approximate surface area is 73.3 Å². The van der Waals surface area contributed by atoms with Crippen molar-refractivity contribution in [2.75, 3.05) is 7.11 Å². The van der Waals surface area contributed by atoms with E-state index in [2.05, 4.69) is 6.92 Å². The van der Waals surface area contributed by atoms with Crippen molar-refractivity contribution in [3.8, 4) is 0 Å². The molecule has 3 atom stereocenters. The zero-order valence-electron chi connectivity index (χ0n) is 7.80. The van der Waals surface area contributed by atoms with Crippen molar-refractivity contribution in [1.82, 2.24) is 0 Å². The molecular formula is C10H16O2. The van der Waals surface area contributed by atoms with Crippen LogP contribution in [0.1, 0.15) is 32.6 Å². The molecule has 0 spiro atoms. The highest BCUT2D eigenvalue weighted by Gasteiger charge is 2.52. The van der Waals surface area contributed by atoms with E-state index in [-0.39, 0.29) is 5.60 Å². The Bertz CT molecular complexity index is 212. The third kappa shape index (κ3) is 0.939. The second kappa shape index (κ2) is 2.56. The quantitative estimate of drug-likeness (QED) is 0.596. The molecule has 2 fully saturated rings. The van der Waals surface area contributed by atoms with Gasteiger partial charge in [0.05, 0.1) is 5.60 Å². The first kappa shape index (κ1) is 8.24. The molecule has 2 rings (SSSR count). The predicted molar refractivity (Wildman–Crippen MR) is 45.9 cm³/mol. The van der Waals surface area contributed by atoms with E-state index in [4.69, 9.17) is 4.74 Å². The van der Waals surface area contributed by atoms with Gasteiger partial charge in [-0.1, -0.05) is 6.42 Å². The molecule has 0 radical (unpaired) electrons. The number of hydrogen-bond acceptors (Lipinski definition) is 2. The lowest BCUT2D eigenvalue weighted by atomic mass is 9.89. The second-order valence-corrected chi connectivity index (χ2v) is 4.30. The van der Waals surface area contributed by atoms with Crippen LogP contribution in [-0.2, 0) is 9.53 Å². The number of carbonyl (C=O) groups excluding carboxylic acids is 1. The monoisotopic (exact) mass is 168 g/mol. The van der Waals surface area contributed by atoms with E-state index in [1.807, 2.05) is 0 Å². The maximum Gasteiger partial charge on any atom is 0.139 e. The molecule has 0 unspecified atom stereocenters. The van der Waals surface area contributed by atoms with E-state index in [1.54, 1.807) is 7.11 Å². The fourth-order valence-corrected chi connectivity index (χ4v) is 2.91. The Morgan fingerprint density at radius 1 is 1.50 bits per heavy atom. The van der Waals surface area contributed by atoms with Crippen LogP contribution in [-0.4, -0.2) is 18.5 Å². The Morgan fingerprint density at radius 3 is 2.92 bits per heavy atom. The summed E-state index contributed by atoms with van der Waals surface area (Å²) in [6, 6.07) is 0. The van der Waals surface area contributed by atoms with E-state index < -0.39 is 0 Å². The van der Waals surface area contributed by atoms with E-state index >= 15 is 0 Å². The molecule has 2 aliphatic rings. The molecule has 2 heteroatoms. The van der Waals surface area contributed by atoms with Crippen LogP contribution in [0.5, 0.6) is 0 Å². The minimum absolute atomic E-state index is 0.141. The van der Waals surface area contributed by atoms with Crippen LogP contribution in [0.15, 0.2) is 0 Å². The summed E-state index contributed by atoms with van der Waals surface area (Å²) in [6.07, 6.45) is 4.13. The molecule has 2 nitrogen and oxygen atoms in total. The maximum absolute atomic E-state index is 11.6. The first-order valence-corrected chi connectivity index (χ1v) is 4.75. The van der Waals surface area contributed by atoms with Gasteiger partial charge in [-0.15, -0.1) is 0 Å². The fourth-order valence-electron chi connectivity index (χ4n) is 2.91. The maximum atomic E-state index is 11.6. The standard InChI is InChI=1S/C10H16O2/c1-10(12-2)6-9(11)7-4-3-5-8(7)10/h7-8H,3-6H2,1-2H3/t7-,8+,10+/m1/s1. The van der Waals surface area contributed by atoms with E-state index in [1.165, 1.54) is 12.8 Å². The normalized spacial score (nSPS) is 46.7. The summed E-state index contributed by atoms with van der Waals surface area (Å²) in [5.74, 6) is 1.27. The van der Waals surface area contributed by atoms with Gasteiger partial charge in [0.25, 0.3) is 0 Å². The van der Waals surface area contributed by atoms with E-state index in [0.29, 0.717) is 24.0 Å². The number of rotatable bonds is 1. The van der Waals surface area contributed by atoms with Gasteiger partial charge in [0, 0.05) is 19.4 Å². The molecule has 0 aromatic carbocycles. The highest BCUT2D eigenvalue weighted by atomic mass is 16.5. The average molecular weight is 168 g/mol. The summed E-state index contributed by atoms with van der Waals surface area (Å²) < 4.78 is 5.46. The zero-order chi connectivity index (χ0) is 8.77. The van der Waals surface area contributed by atoms with Crippen LogP contribution in [0.2, 0.25) is 0 Å². The van der Waals surface area contributed by atoms with Crippen molar-refractivity contribution in [2.45, 2.75) is 38.2 Å². The molecule has 0 saturated heterocycles. The predicted octanol–water partition coefficient (Wildman–Crippen LogP) is 1.78. The van der Waals surface area contributed by atoms with Crippen molar-refractivity contribution in [3.05, 3.63) is 0 Å². The van der Waals surface area contributed by atoms with Gasteiger partial charge in [0.15, 0.2) is 0 Å². The van der Waals surface area contributed by atoms with Crippen LogP contribution in [0.25, 0.3) is 0 Å². The van der Waals surface area contributed by atoms with Gasteiger partial charge in [-0.25, -0.2) is 0 Å². The van der Waals surface area contributed by atoms with Crippen molar-refractivity contribution in [3.63, 3.8) is 0 Å². The summed E-state index contributed by atoms with van der Waals surface area (Å²) in [4.78, 5) is 11.6. The number of fused-ring (bicyclic) bond motifs is 1. The third-order valence-electron chi connectivity index (χ3n) is 3.71. The summed E-state index contributed by atoms with van der Waals surface area (Å²) in [5, 5.41) is 0. The Kier molecular flexibility index (Phi) is 1.76. The van der Waals surface area contributed by atoms with Gasteiger partial charge in [-0.2, -0.15) is 0 Å². The van der Waals surface area contributed by atoms with Crippen molar-refractivity contribution in [1.29, 1.82) is 0 Å². The largest absolute Gasteiger partial charge is 0.378 e. The Balaban J connectivity index is 2.25. The first-order chi connectivity index (χ1) is 5.67. The molecule has 0 bridgehead atoms. The van der Waals surface area contributed by atoms with Crippen LogP contribution >= 0.6 is 0 Å². The first-order valence-electron chi connectivity index (χ1n) is 4.75. The van der Waals surface area contributed by atoms with Gasteiger partial charge in [-0.05, 0) is 25.7 Å². The van der Waals surface area contributed by atoms with Crippen LogP contribution in [0.4, 0.5) is 0 Å².